The van der Waals surface area contributed by atoms with Crippen molar-refractivity contribution in [3.8, 4) is 17.2 Å². The summed E-state index contributed by atoms with van der Waals surface area (Å²) in [6.07, 6.45) is 2.59. The number of aromatic nitrogens is 2. The van der Waals surface area contributed by atoms with E-state index in [-0.39, 0.29) is 17.6 Å². The van der Waals surface area contributed by atoms with Gasteiger partial charge in [-0.05, 0) is 25.0 Å². The molecule has 0 unspecified atom stereocenters. The van der Waals surface area contributed by atoms with Gasteiger partial charge in [0.15, 0.2) is 22.4 Å². The number of carbonyl (C=O) groups is 2. The van der Waals surface area contributed by atoms with Gasteiger partial charge in [-0.1, -0.05) is 49.1 Å². The Balaban J connectivity index is 1.50. The highest BCUT2D eigenvalue weighted by Gasteiger charge is 2.17. The SMILES string of the molecule is CCC(CC)C(=O)Nc1nnc(SCc2cc(=O)c(OC(=O)COc3ccccc3OC)co2)s1. The first-order chi connectivity index (χ1) is 16.9. The number of methoxy groups -OCH3 is 1. The lowest BCUT2D eigenvalue weighted by Crippen LogP contribution is -2.21. The van der Waals surface area contributed by atoms with Crippen LogP contribution < -0.4 is 25.0 Å². The number of thioether (sulfide) groups is 1. The van der Waals surface area contributed by atoms with Crippen LogP contribution in [0.4, 0.5) is 5.13 Å². The van der Waals surface area contributed by atoms with Crippen molar-refractivity contribution in [1.82, 2.24) is 10.2 Å². The highest BCUT2D eigenvalue weighted by atomic mass is 32.2. The molecule has 0 aliphatic rings. The number of esters is 1. The smallest absolute Gasteiger partial charge is 0.349 e. The molecule has 0 fully saturated rings. The van der Waals surface area contributed by atoms with E-state index < -0.39 is 18.0 Å². The molecule has 2 heterocycles. The Morgan fingerprint density at radius 2 is 1.89 bits per heavy atom. The first kappa shape index (κ1) is 26.2. The van der Waals surface area contributed by atoms with Gasteiger partial charge in [-0.2, -0.15) is 0 Å². The largest absolute Gasteiger partial charge is 0.493 e. The summed E-state index contributed by atoms with van der Waals surface area (Å²) < 4.78 is 21.6. The summed E-state index contributed by atoms with van der Waals surface area (Å²) in [6.45, 7) is 3.51. The molecule has 0 spiro atoms. The van der Waals surface area contributed by atoms with Crippen LogP contribution in [0.3, 0.4) is 0 Å². The van der Waals surface area contributed by atoms with Gasteiger partial charge in [0.1, 0.15) is 12.0 Å². The zero-order chi connectivity index (χ0) is 25.2. The second-order valence-electron chi connectivity index (χ2n) is 7.15. The third kappa shape index (κ3) is 7.55. The molecule has 0 aliphatic heterocycles. The van der Waals surface area contributed by atoms with Crippen LogP contribution in [0.2, 0.25) is 0 Å². The zero-order valence-corrected chi connectivity index (χ0v) is 21.1. The van der Waals surface area contributed by atoms with E-state index in [1.807, 2.05) is 13.8 Å². The Morgan fingerprint density at radius 1 is 1.14 bits per heavy atom. The number of para-hydroxylation sites is 2. The van der Waals surface area contributed by atoms with Crippen molar-refractivity contribution in [2.75, 3.05) is 19.0 Å². The molecule has 0 bridgehead atoms. The maximum atomic E-state index is 12.3. The van der Waals surface area contributed by atoms with Crippen LogP contribution in [-0.4, -0.2) is 35.8 Å². The molecule has 186 valence electrons. The number of hydrogen-bond acceptors (Lipinski definition) is 11. The van der Waals surface area contributed by atoms with E-state index in [0.717, 1.165) is 19.1 Å². The second-order valence-corrected chi connectivity index (χ2v) is 9.35. The van der Waals surface area contributed by atoms with E-state index in [1.54, 1.807) is 24.3 Å². The van der Waals surface area contributed by atoms with E-state index in [1.165, 1.54) is 36.3 Å². The highest BCUT2D eigenvalue weighted by molar-refractivity contribution is 8.00. The van der Waals surface area contributed by atoms with E-state index in [2.05, 4.69) is 15.5 Å². The summed E-state index contributed by atoms with van der Waals surface area (Å²) >= 11 is 2.54. The molecule has 0 aliphatic carbocycles. The lowest BCUT2D eigenvalue weighted by atomic mass is 10.0. The fourth-order valence-corrected chi connectivity index (χ4v) is 4.58. The minimum atomic E-state index is -0.762. The molecule has 1 aromatic carbocycles. The number of rotatable bonds is 12. The Hall–Kier alpha value is -3.38. The highest BCUT2D eigenvalue weighted by Crippen LogP contribution is 2.29. The van der Waals surface area contributed by atoms with Gasteiger partial charge >= 0.3 is 5.97 Å². The fourth-order valence-electron chi connectivity index (χ4n) is 2.93. The number of benzene rings is 1. The van der Waals surface area contributed by atoms with E-state index in [9.17, 15) is 14.4 Å². The number of hydrogen-bond donors (Lipinski definition) is 1. The first-order valence-corrected chi connectivity index (χ1v) is 12.6. The van der Waals surface area contributed by atoms with Crippen molar-refractivity contribution in [2.45, 2.75) is 36.8 Å². The second kappa shape index (κ2) is 12.9. The van der Waals surface area contributed by atoms with Gasteiger partial charge in [0.05, 0.1) is 12.9 Å². The van der Waals surface area contributed by atoms with Crippen LogP contribution in [0.1, 0.15) is 32.4 Å². The van der Waals surface area contributed by atoms with Crippen LogP contribution in [0, 0.1) is 5.92 Å². The molecule has 0 saturated carbocycles. The van der Waals surface area contributed by atoms with Crippen LogP contribution >= 0.6 is 23.1 Å². The summed E-state index contributed by atoms with van der Waals surface area (Å²) in [4.78, 5) is 36.6. The summed E-state index contributed by atoms with van der Waals surface area (Å²) in [5.74, 6) is 0.366. The van der Waals surface area contributed by atoms with Crippen molar-refractivity contribution in [3.05, 3.63) is 52.6 Å². The summed E-state index contributed by atoms with van der Waals surface area (Å²) in [5, 5.41) is 11.2. The molecule has 35 heavy (non-hydrogen) atoms. The monoisotopic (exact) mass is 519 g/mol. The van der Waals surface area contributed by atoms with Gasteiger partial charge in [0, 0.05) is 12.0 Å². The molecule has 0 radical (unpaired) electrons. The maximum absolute atomic E-state index is 12.3. The van der Waals surface area contributed by atoms with Crippen LogP contribution in [0.15, 0.2) is 50.1 Å². The van der Waals surface area contributed by atoms with Crippen LogP contribution in [-0.2, 0) is 15.3 Å². The van der Waals surface area contributed by atoms with Gasteiger partial charge in [-0.3, -0.25) is 9.59 Å². The number of ether oxygens (including phenoxy) is 3. The number of anilines is 1. The van der Waals surface area contributed by atoms with Crippen molar-refractivity contribution in [2.24, 2.45) is 5.92 Å². The van der Waals surface area contributed by atoms with Crippen molar-refractivity contribution >= 4 is 40.1 Å². The maximum Gasteiger partial charge on any atom is 0.349 e. The molecule has 1 amide bonds. The molecular formula is C23H25N3O7S2. The quantitative estimate of drug-likeness (QED) is 0.211. The average Bonchev–Trinajstić information content (AvgIpc) is 3.31. The topological polar surface area (TPSA) is 130 Å². The number of nitrogens with one attached hydrogen (secondary N) is 1. The minimum absolute atomic E-state index is 0.0652. The van der Waals surface area contributed by atoms with Gasteiger partial charge < -0.3 is 23.9 Å². The molecule has 0 atom stereocenters. The Kier molecular flexibility index (Phi) is 9.67. The lowest BCUT2D eigenvalue weighted by Gasteiger charge is -2.10. The molecule has 12 heteroatoms. The third-order valence-electron chi connectivity index (χ3n) is 4.82. The molecule has 0 saturated heterocycles. The van der Waals surface area contributed by atoms with E-state index >= 15 is 0 Å². The van der Waals surface area contributed by atoms with E-state index in [0.29, 0.717) is 32.5 Å². The summed E-state index contributed by atoms with van der Waals surface area (Å²) in [5.41, 5.74) is -0.507. The predicted octanol–water partition coefficient (Wildman–Crippen LogP) is 4.15. The van der Waals surface area contributed by atoms with Crippen LogP contribution in [0.5, 0.6) is 17.2 Å². The molecule has 3 rings (SSSR count). The van der Waals surface area contributed by atoms with Crippen LogP contribution in [0.25, 0.3) is 0 Å². The predicted molar refractivity (Wildman–Crippen MR) is 131 cm³/mol. The minimum Gasteiger partial charge on any atom is -0.493 e. The molecule has 10 nitrogen and oxygen atoms in total. The van der Waals surface area contributed by atoms with Gasteiger partial charge in [-0.25, -0.2) is 4.79 Å². The average molecular weight is 520 g/mol. The van der Waals surface area contributed by atoms with Gasteiger partial charge in [0.25, 0.3) is 0 Å². The van der Waals surface area contributed by atoms with Crippen molar-refractivity contribution in [3.63, 3.8) is 0 Å². The molecule has 3 aromatic rings. The Bertz CT molecular complexity index is 1210. The summed E-state index contributed by atoms with van der Waals surface area (Å²) in [6, 6.07) is 8.09. The normalized spacial score (nSPS) is 10.7. The zero-order valence-electron chi connectivity index (χ0n) is 19.4. The van der Waals surface area contributed by atoms with Gasteiger partial charge in [-0.15, -0.1) is 10.2 Å². The Labute approximate surface area is 210 Å². The molecule has 1 N–H and O–H groups in total. The number of carbonyl (C=O) groups excluding carboxylic acids is 2. The lowest BCUT2D eigenvalue weighted by molar-refractivity contribution is -0.136. The molecular weight excluding hydrogens is 494 g/mol. The Morgan fingerprint density at radius 3 is 2.57 bits per heavy atom. The fraction of sp³-hybridized carbons (Fsp3) is 0.348. The van der Waals surface area contributed by atoms with Crippen molar-refractivity contribution < 1.29 is 28.2 Å². The number of amides is 1. The van der Waals surface area contributed by atoms with E-state index in [4.69, 9.17) is 18.6 Å². The first-order valence-electron chi connectivity index (χ1n) is 10.8. The summed E-state index contributed by atoms with van der Waals surface area (Å²) in [7, 11) is 1.49. The molecule has 2 aromatic heterocycles. The third-order valence-corrected chi connectivity index (χ3v) is 6.82. The van der Waals surface area contributed by atoms with Gasteiger partial charge in [0.2, 0.25) is 22.2 Å². The standard InChI is InChI=1S/C23H25N3O7S2/c1-4-14(5-2)21(29)24-22-25-26-23(35-22)34-13-15-10-16(27)19(11-31-15)33-20(28)12-32-18-9-7-6-8-17(18)30-3/h6-11,14H,4-5,12-13H2,1-3H3,(H,24,25,29). The van der Waals surface area contributed by atoms with Crippen molar-refractivity contribution in [1.29, 1.82) is 0 Å². The number of nitrogens with zero attached hydrogens (tertiary/aromatic N) is 2.